The number of ether oxygens (including phenoxy) is 2. The number of piperidine rings is 1. The molecule has 2 aromatic heterocycles. The first-order valence-electron chi connectivity index (χ1n) is 26.5. The molecule has 3 saturated heterocycles. The van der Waals surface area contributed by atoms with Crippen LogP contribution in [-0.4, -0.2) is 123 Å². The molecule has 4 aliphatic heterocycles. The second kappa shape index (κ2) is 20.0. The minimum absolute atomic E-state index is 0.0581. The number of benzene rings is 3. The minimum atomic E-state index is -4.66. The van der Waals surface area contributed by atoms with Crippen molar-refractivity contribution in [2.24, 2.45) is 11.3 Å². The number of rotatable bonds is 12. The van der Waals surface area contributed by atoms with Gasteiger partial charge in [0.25, 0.3) is 21.6 Å². The van der Waals surface area contributed by atoms with Gasteiger partial charge in [-0.25, -0.2) is 22.5 Å². The number of anilines is 5. The molecule has 19 heteroatoms. The number of nitrogens with zero attached hydrogens (tertiary/aromatic N) is 6. The first-order chi connectivity index (χ1) is 35.6. The van der Waals surface area contributed by atoms with E-state index in [0.717, 1.165) is 76.5 Å². The van der Waals surface area contributed by atoms with E-state index in [-0.39, 0.29) is 40.1 Å². The predicted octanol–water partition coefficient (Wildman–Crippen LogP) is 8.77. The lowest BCUT2D eigenvalue weighted by Gasteiger charge is -2.57. The Morgan fingerprint density at radius 3 is 2.46 bits per heavy atom. The van der Waals surface area contributed by atoms with Crippen molar-refractivity contribution in [3.05, 3.63) is 106 Å². The number of carbonyl (C=O) groups is 1. The summed E-state index contributed by atoms with van der Waals surface area (Å²) in [4.78, 5) is 43.1. The summed E-state index contributed by atoms with van der Waals surface area (Å²) in [6, 6.07) is 20.2. The molecule has 0 unspecified atom stereocenters. The average molecular weight is 1030 g/mol. The van der Waals surface area contributed by atoms with E-state index in [9.17, 15) is 28.4 Å². The summed E-state index contributed by atoms with van der Waals surface area (Å²) < 4.78 is 58.1. The van der Waals surface area contributed by atoms with Crippen LogP contribution in [0.25, 0.3) is 11.0 Å². The molecule has 4 N–H and O–H groups in total. The highest BCUT2D eigenvalue weighted by Gasteiger charge is 2.50. The van der Waals surface area contributed by atoms with Gasteiger partial charge in [0.1, 0.15) is 17.2 Å². The Bertz CT molecular complexity index is 3030. The van der Waals surface area contributed by atoms with Gasteiger partial charge >= 0.3 is 0 Å². The molecule has 2 atom stereocenters. The third-order valence-electron chi connectivity index (χ3n) is 17.2. The number of nitrogens with one attached hydrogen (secondary N) is 3. The zero-order valence-electron chi connectivity index (χ0n) is 42.5. The number of aromatic amines is 1. The van der Waals surface area contributed by atoms with E-state index < -0.39 is 42.9 Å². The van der Waals surface area contributed by atoms with Crippen LogP contribution in [0.4, 0.5) is 38.6 Å². The van der Waals surface area contributed by atoms with E-state index >= 15 is 4.39 Å². The molecule has 74 heavy (non-hydrogen) atoms. The van der Waals surface area contributed by atoms with Crippen molar-refractivity contribution in [2.45, 2.75) is 113 Å². The van der Waals surface area contributed by atoms with Gasteiger partial charge in [-0.05, 0) is 129 Å². The quantitative estimate of drug-likeness (QED) is 0.0683. The predicted molar refractivity (Wildman–Crippen MR) is 283 cm³/mol. The number of carbonyl (C=O) groups excluding carboxylic acids is 1. The van der Waals surface area contributed by atoms with Gasteiger partial charge in [-0.2, -0.15) is 0 Å². The van der Waals surface area contributed by atoms with Gasteiger partial charge < -0.3 is 39.6 Å². The van der Waals surface area contributed by atoms with Crippen LogP contribution in [0.3, 0.4) is 0 Å². The van der Waals surface area contributed by atoms with Crippen molar-refractivity contribution in [2.75, 3.05) is 85.7 Å². The molecule has 6 heterocycles. The number of sulfonamides is 1. The highest BCUT2D eigenvalue weighted by molar-refractivity contribution is 7.90. The van der Waals surface area contributed by atoms with Crippen molar-refractivity contribution in [1.82, 2.24) is 19.6 Å². The second-order valence-electron chi connectivity index (χ2n) is 22.3. The van der Waals surface area contributed by atoms with Crippen LogP contribution in [0.2, 0.25) is 0 Å². The van der Waals surface area contributed by atoms with Crippen molar-refractivity contribution in [1.29, 1.82) is 0 Å². The average Bonchev–Trinajstić information content (AvgIpc) is 3.67. The fourth-order valence-electron chi connectivity index (χ4n) is 12.8. The van der Waals surface area contributed by atoms with Gasteiger partial charge in [0.15, 0.2) is 5.82 Å². The van der Waals surface area contributed by atoms with Crippen LogP contribution >= 0.6 is 0 Å². The molecular formula is C55H68FN9O8S. The van der Waals surface area contributed by atoms with Gasteiger partial charge in [0.2, 0.25) is 0 Å². The number of morpholine rings is 2. The Hall–Kier alpha value is -5.86. The lowest BCUT2D eigenvalue weighted by Crippen LogP contribution is -2.58. The summed E-state index contributed by atoms with van der Waals surface area (Å²) in [5, 5.41) is 26.2. The molecule has 394 valence electrons. The molecule has 11 rings (SSSR count). The van der Waals surface area contributed by atoms with Crippen LogP contribution in [0.5, 0.6) is 0 Å². The molecule has 3 aromatic carbocycles. The normalized spacial score (nSPS) is 24.6. The Balaban J connectivity index is 0.873. The molecule has 2 aliphatic carbocycles. The smallest absolute Gasteiger partial charge is 0.293 e. The summed E-state index contributed by atoms with van der Waals surface area (Å²) in [5.74, 6) is -0.197. The molecule has 5 fully saturated rings. The first kappa shape index (κ1) is 50.3. The third-order valence-corrected chi connectivity index (χ3v) is 18.5. The molecule has 0 radical (unpaired) electrons. The maximum absolute atomic E-state index is 15.4. The van der Waals surface area contributed by atoms with Crippen molar-refractivity contribution >= 4 is 61.2 Å². The van der Waals surface area contributed by atoms with Crippen LogP contribution in [0.1, 0.15) is 112 Å². The lowest BCUT2D eigenvalue weighted by atomic mass is 9.59. The van der Waals surface area contributed by atoms with Gasteiger partial charge in [0, 0.05) is 63.3 Å². The number of aromatic nitrogens is 2. The molecule has 1 amide bonds. The number of amides is 1. The Morgan fingerprint density at radius 2 is 1.69 bits per heavy atom. The standard InChI is InChI=1S/C55H68FN9O8S/c1-35(2)41-6-4-5-7-42(41)50-34-73-24-22-62(50)39-29-55(30-39)17-20-61(21-18-55)37-8-10-43(47(26-37)64-19-14-38-33-72-25-23-63(38)52-49(64)28-44-45(56)32-58-51(44)59-52)53(66)60-74(70,71)40-9-11-46(48(27-40)65(68)69)57-31-36-12-15-54(3,67)16-13-36/h4-11,26-28,32,35-36,38-39,50,57,67H,12-25,29-31,33-34H2,1-3H3,(H,58,59)(H,60,66)/t36-,38-,50+,54-/m1/s1. The number of halogens is 1. The Kier molecular flexibility index (Phi) is 13.6. The zero-order valence-corrected chi connectivity index (χ0v) is 43.3. The number of nitro groups is 1. The molecule has 6 aliphatic rings. The van der Waals surface area contributed by atoms with Gasteiger partial charge in [-0.15, -0.1) is 0 Å². The van der Waals surface area contributed by atoms with Crippen LogP contribution < -0.4 is 24.7 Å². The minimum Gasteiger partial charge on any atom is -0.390 e. The number of pyridine rings is 1. The van der Waals surface area contributed by atoms with E-state index in [4.69, 9.17) is 14.5 Å². The largest absolute Gasteiger partial charge is 0.390 e. The first-order valence-corrected chi connectivity index (χ1v) is 28.0. The Labute approximate surface area is 432 Å². The van der Waals surface area contributed by atoms with Crippen molar-refractivity contribution < 1.29 is 37.1 Å². The number of hydrogen-bond acceptors (Lipinski definition) is 14. The van der Waals surface area contributed by atoms with Gasteiger partial charge in [-0.1, -0.05) is 38.1 Å². The Morgan fingerprint density at radius 1 is 0.932 bits per heavy atom. The molecular weight excluding hydrogens is 966 g/mol. The number of aliphatic hydroxyl groups is 1. The van der Waals surface area contributed by atoms with Crippen LogP contribution in [0.15, 0.2) is 77.8 Å². The van der Waals surface area contributed by atoms with E-state index in [1.54, 1.807) is 12.1 Å². The van der Waals surface area contributed by atoms with E-state index in [1.807, 2.05) is 24.0 Å². The summed E-state index contributed by atoms with van der Waals surface area (Å²) >= 11 is 0. The molecule has 17 nitrogen and oxygen atoms in total. The highest BCUT2D eigenvalue weighted by atomic mass is 32.2. The van der Waals surface area contributed by atoms with Crippen molar-refractivity contribution in [3.8, 4) is 0 Å². The van der Waals surface area contributed by atoms with Crippen LogP contribution in [0, 0.1) is 27.3 Å². The van der Waals surface area contributed by atoms with E-state index in [1.165, 1.54) is 29.5 Å². The van der Waals surface area contributed by atoms with E-state index in [2.05, 4.69) is 67.8 Å². The summed E-state index contributed by atoms with van der Waals surface area (Å²) in [6.45, 7) is 12.5. The van der Waals surface area contributed by atoms with Gasteiger partial charge in [-0.3, -0.25) is 19.8 Å². The van der Waals surface area contributed by atoms with Crippen LogP contribution in [-0.2, 0) is 19.5 Å². The fraction of sp³-hybridized carbons (Fsp3) is 0.527. The SMILES string of the molecule is CC(C)c1ccccc1[C@@H]1COCCN1C1CC2(CCN(c3ccc(C(=O)NS(=O)(=O)c4ccc(NC[C@H]5CC[C@](C)(O)CC5)c([N+](=O)[O-])c4)c(N4CC[C@@H]5COCCN5c5nc6[nH]cc(F)c6cc54)c3)CC2)C1. The summed E-state index contributed by atoms with van der Waals surface area (Å²) in [6.07, 6.45) is 8.86. The molecule has 0 bridgehead atoms. The molecule has 1 spiro atoms. The number of hydrogen-bond donors (Lipinski definition) is 4. The maximum atomic E-state index is 15.4. The molecule has 2 saturated carbocycles. The monoisotopic (exact) mass is 1030 g/mol. The molecule has 5 aromatic rings. The number of fused-ring (bicyclic) bond motifs is 4. The topological polar surface area (TPSA) is 199 Å². The summed E-state index contributed by atoms with van der Waals surface area (Å²) in [7, 11) is -4.66. The summed E-state index contributed by atoms with van der Waals surface area (Å²) in [5.41, 5.74) is 4.26. The fourth-order valence-corrected chi connectivity index (χ4v) is 13.8. The third kappa shape index (κ3) is 9.81. The maximum Gasteiger partial charge on any atom is 0.293 e. The van der Waals surface area contributed by atoms with Gasteiger partial charge in [0.05, 0.1) is 76.3 Å². The highest BCUT2D eigenvalue weighted by Crippen LogP contribution is 2.54. The lowest BCUT2D eigenvalue weighted by molar-refractivity contribution is -0.384. The zero-order chi connectivity index (χ0) is 51.5. The number of nitro benzene ring substituents is 1. The number of H-pyrrole nitrogens is 1. The second-order valence-corrected chi connectivity index (χ2v) is 24.0. The van der Waals surface area contributed by atoms with Crippen molar-refractivity contribution in [3.63, 3.8) is 0 Å². The van der Waals surface area contributed by atoms with E-state index in [0.29, 0.717) is 93.5 Å².